The van der Waals surface area contributed by atoms with Crippen LogP contribution in [0.4, 0.5) is 5.69 Å². The summed E-state index contributed by atoms with van der Waals surface area (Å²) in [6, 6.07) is 6.48. The Morgan fingerprint density at radius 1 is 1.38 bits per heavy atom. The van der Waals surface area contributed by atoms with Gasteiger partial charge in [-0.05, 0) is 12.0 Å². The van der Waals surface area contributed by atoms with E-state index in [1.165, 1.54) is 12.1 Å². The number of amides is 1. The van der Waals surface area contributed by atoms with Crippen molar-refractivity contribution in [3.8, 4) is 0 Å². The summed E-state index contributed by atoms with van der Waals surface area (Å²) in [5, 5.41) is 14.0. The Morgan fingerprint density at radius 3 is 2.90 bits per heavy atom. The number of unbranched alkanes of at least 4 members (excludes halogenated alkanes) is 3. The summed E-state index contributed by atoms with van der Waals surface area (Å²) in [6.07, 6.45) is 4.13. The number of nitrogens with zero attached hydrogens (tertiary/aromatic N) is 2. The molecule has 0 radical (unpaired) electrons. The number of nitro groups is 1. The topological polar surface area (TPSA) is 75.5 Å². The van der Waals surface area contributed by atoms with Gasteiger partial charge in [0.2, 0.25) is 5.91 Å². The van der Waals surface area contributed by atoms with Crippen LogP contribution in [0.1, 0.15) is 44.3 Å². The highest BCUT2D eigenvalue weighted by Gasteiger charge is 2.31. The fraction of sp³-hybridized carbons (Fsp3) is 0.533. The maximum Gasteiger partial charge on any atom is 0.269 e. The molecule has 2 rings (SSSR count). The van der Waals surface area contributed by atoms with Crippen LogP contribution in [0.2, 0.25) is 0 Å². The zero-order valence-corrected chi connectivity index (χ0v) is 12.2. The number of benzene rings is 1. The van der Waals surface area contributed by atoms with Crippen molar-refractivity contribution in [3.05, 3.63) is 39.9 Å². The lowest BCUT2D eigenvalue weighted by molar-refractivity contribution is -0.385. The minimum Gasteiger partial charge on any atom is -0.322 e. The van der Waals surface area contributed by atoms with Gasteiger partial charge in [0.1, 0.15) is 6.17 Å². The highest BCUT2D eigenvalue weighted by molar-refractivity contribution is 5.81. The maximum atomic E-state index is 12.0. The summed E-state index contributed by atoms with van der Waals surface area (Å²) in [5.41, 5.74) is 0.824. The van der Waals surface area contributed by atoms with Gasteiger partial charge in [-0.1, -0.05) is 38.3 Å². The fourth-order valence-electron chi connectivity index (χ4n) is 2.61. The van der Waals surface area contributed by atoms with Crippen LogP contribution in [0.3, 0.4) is 0 Å². The lowest BCUT2D eigenvalue weighted by Gasteiger charge is -2.24. The summed E-state index contributed by atoms with van der Waals surface area (Å²) >= 11 is 0. The van der Waals surface area contributed by atoms with Crippen LogP contribution in [0.15, 0.2) is 24.3 Å². The van der Waals surface area contributed by atoms with E-state index in [4.69, 9.17) is 0 Å². The summed E-state index contributed by atoms with van der Waals surface area (Å²) in [7, 11) is 0. The number of nitro benzene ring substituents is 1. The van der Waals surface area contributed by atoms with Crippen LogP contribution in [0.25, 0.3) is 0 Å². The average Bonchev–Trinajstić information content (AvgIpc) is 2.85. The molecule has 1 N–H and O–H groups in total. The first-order valence-electron chi connectivity index (χ1n) is 7.40. The predicted octanol–water partition coefficient (Wildman–Crippen LogP) is 2.61. The molecule has 114 valence electrons. The number of rotatable bonds is 7. The lowest BCUT2D eigenvalue weighted by Crippen LogP contribution is -2.31. The van der Waals surface area contributed by atoms with E-state index in [1.54, 1.807) is 11.0 Å². The van der Waals surface area contributed by atoms with Crippen molar-refractivity contribution in [1.82, 2.24) is 10.2 Å². The highest BCUT2D eigenvalue weighted by atomic mass is 16.6. The molecule has 6 heteroatoms. The van der Waals surface area contributed by atoms with Crippen molar-refractivity contribution in [2.24, 2.45) is 0 Å². The van der Waals surface area contributed by atoms with Crippen LogP contribution in [0, 0.1) is 10.1 Å². The molecule has 21 heavy (non-hydrogen) atoms. The molecule has 1 aromatic rings. The largest absolute Gasteiger partial charge is 0.322 e. The molecule has 0 aromatic heterocycles. The molecule has 1 heterocycles. The third-order valence-electron chi connectivity index (χ3n) is 3.73. The quantitative estimate of drug-likeness (QED) is 0.476. The van der Waals surface area contributed by atoms with Gasteiger partial charge in [0.15, 0.2) is 0 Å². The van der Waals surface area contributed by atoms with E-state index in [2.05, 4.69) is 12.2 Å². The van der Waals surface area contributed by atoms with Crippen molar-refractivity contribution in [1.29, 1.82) is 0 Å². The first kappa shape index (κ1) is 15.4. The molecule has 1 aliphatic rings. The Balaban J connectivity index is 2.08. The van der Waals surface area contributed by atoms with Crippen LogP contribution in [0.5, 0.6) is 0 Å². The number of hydrogen-bond acceptors (Lipinski definition) is 4. The second-order valence-electron chi connectivity index (χ2n) is 5.28. The van der Waals surface area contributed by atoms with Crippen molar-refractivity contribution in [3.63, 3.8) is 0 Å². The molecule has 1 atom stereocenters. The molecule has 6 nitrogen and oxygen atoms in total. The Bertz CT molecular complexity index is 519. The molecular weight excluding hydrogens is 270 g/mol. The number of carbonyl (C=O) groups excluding carboxylic acids is 1. The normalized spacial score (nSPS) is 18.2. The molecule has 0 spiro atoms. The molecule has 0 saturated carbocycles. The first-order valence-corrected chi connectivity index (χ1v) is 7.40. The molecular formula is C15H21N3O3. The third kappa shape index (κ3) is 3.78. The Hall–Kier alpha value is -1.95. The van der Waals surface area contributed by atoms with Gasteiger partial charge >= 0.3 is 0 Å². The molecule has 1 aromatic carbocycles. The summed E-state index contributed by atoms with van der Waals surface area (Å²) in [6.45, 7) is 3.13. The molecule has 0 bridgehead atoms. The predicted molar refractivity (Wildman–Crippen MR) is 79.7 cm³/mol. The smallest absolute Gasteiger partial charge is 0.269 e. The SMILES string of the molecule is CCCCCCN1C(=O)CNC1c1cccc([N+](=O)[O-])c1. The summed E-state index contributed by atoms with van der Waals surface area (Å²) < 4.78 is 0. The van der Waals surface area contributed by atoms with E-state index < -0.39 is 4.92 Å². The molecule has 1 saturated heterocycles. The summed E-state index contributed by atoms with van der Waals surface area (Å²) in [5.74, 6) is 0.0583. The van der Waals surface area contributed by atoms with E-state index in [-0.39, 0.29) is 17.8 Å². The van der Waals surface area contributed by atoms with Gasteiger partial charge in [-0.15, -0.1) is 0 Å². The highest BCUT2D eigenvalue weighted by Crippen LogP contribution is 2.25. The van der Waals surface area contributed by atoms with Gasteiger partial charge in [0, 0.05) is 18.7 Å². The second kappa shape index (κ2) is 7.17. The van der Waals surface area contributed by atoms with Gasteiger partial charge in [-0.3, -0.25) is 20.2 Å². The van der Waals surface area contributed by atoms with Crippen LogP contribution >= 0.6 is 0 Å². The van der Waals surface area contributed by atoms with E-state index >= 15 is 0 Å². The monoisotopic (exact) mass is 291 g/mol. The van der Waals surface area contributed by atoms with Gasteiger partial charge in [-0.25, -0.2) is 0 Å². The number of non-ortho nitro benzene ring substituents is 1. The van der Waals surface area contributed by atoms with E-state index in [9.17, 15) is 14.9 Å². The molecule has 1 fully saturated rings. The Labute approximate surface area is 124 Å². The maximum absolute atomic E-state index is 12.0. The minimum absolute atomic E-state index is 0.0552. The number of nitrogens with one attached hydrogen (secondary N) is 1. The number of hydrogen-bond donors (Lipinski definition) is 1. The van der Waals surface area contributed by atoms with Crippen LogP contribution < -0.4 is 5.32 Å². The molecule has 1 aliphatic heterocycles. The van der Waals surface area contributed by atoms with Crippen molar-refractivity contribution < 1.29 is 9.72 Å². The van der Waals surface area contributed by atoms with Crippen LogP contribution in [-0.4, -0.2) is 28.8 Å². The standard InChI is InChI=1S/C15H21N3O3/c1-2-3-4-5-9-17-14(19)11-16-15(17)12-7-6-8-13(10-12)18(20)21/h6-8,10,15-16H,2-5,9,11H2,1H3. The van der Waals surface area contributed by atoms with Crippen molar-refractivity contribution in [2.75, 3.05) is 13.1 Å². The van der Waals surface area contributed by atoms with Gasteiger partial charge < -0.3 is 4.90 Å². The Morgan fingerprint density at radius 2 is 2.19 bits per heavy atom. The van der Waals surface area contributed by atoms with Gasteiger partial charge in [0.25, 0.3) is 5.69 Å². The van der Waals surface area contributed by atoms with Gasteiger partial charge in [-0.2, -0.15) is 0 Å². The molecule has 1 amide bonds. The van der Waals surface area contributed by atoms with E-state index in [0.717, 1.165) is 31.2 Å². The summed E-state index contributed by atoms with van der Waals surface area (Å²) in [4.78, 5) is 24.2. The van der Waals surface area contributed by atoms with E-state index in [1.807, 2.05) is 6.07 Å². The van der Waals surface area contributed by atoms with Crippen molar-refractivity contribution in [2.45, 2.75) is 38.8 Å². The van der Waals surface area contributed by atoms with Crippen molar-refractivity contribution >= 4 is 11.6 Å². The second-order valence-corrected chi connectivity index (χ2v) is 5.28. The average molecular weight is 291 g/mol. The number of carbonyl (C=O) groups is 1. The molecule has 1 unspecified atom stereocenters. The fourth-order valence-corrected chi connectivity index (χ4v) is 2.61. The van der Waals surface area contributed by atoms with Crippen LogP contribution in [-0.2, 0) is 4.79 Å². The van der Waals surface area contributed by atoms with Gasteiger partial charge in [0.05, 0.1) is 11.5 Å². The molecule has 0 aliphatic carbocycles. The first-order chi connectivity index (χ1) is 10.1. The third-order valence-corrected chi connectivity index (χ3v) is 3.73. The zero-order valence-electron chi connectivity index (χ0n) is 12.2. The zero-order chi connectivity index (χ0) is 15.2. The lowest BCUT2D eigenvalue weighted by atomic mass is 10.1. The minimum atomic E-state index is -0.411. The van der Waals surface area contributed by atoms with E-state index in [0.29, 0.717) is 13.1 Å². The Kier molecular flexibility index (Phi) is 5.27.